The first-order valence-corrected chi connectivity index (χ1v) is 6.83. The maximum absolute atomic E-state index is 10.4. The Morgan fingerprint density at radius 1 is 1.59 bits per heavy atom. The molecule has 0 aliphatic heterocycles. The molecule has 0 saturated carbocycles. The van der Waals surface area contributed by atoms with Crippen LogP contribution in [0, 0.1) is 0 Å². The highest BCUT2D eigenvalue weighted by Gasteiger charge is 2.06. The van der Waals surface area contributed by atoms with Gasteiger partial charge in [0.05, 0.1) is 17.1 Å². The molecule has 0 bridgehead atoms. The maximum atomic E-state index is 10.4. The van der Waals surface area contributed by atoms with E-state index in [-0.39, 0.29) is 6.42 Å². The third kappa shape index (κ3) is 5.79. The van der Waals surface area contributed by atoms with Crippen LogP contribution >= 0.6 is 11.3 Å². The number of aryl methyl sites for hydroxylation is 1. The Balaban J connectivity index is 2.35. The summed E-state index contributed by atoms with van der Waals surface area (Å²) in [4.78, 5) is 17.0. The fourth-order valence-electron chi connectivity index (χ4n) is 1.51. The molecule has 0 atom stereocenters. The topological polar surface area (TPSA) is 53.4 Å². The molecule has 1 heterocycles. The summed E-state index contributed by atoms with van der Waals surface area (Å²) in [7, 11) is 1.92. The van der Waals surface area contributed by atoms with E-state index in [9.17, 15) is 4.79 Å². The summed E-state index contributed by atoms with van der Waals surface area (Å²) < 4.78 is 0. The minimum absolute atomic E-state index is 0.184. The van der Waals surface area contributed by atoms with Crippen molar-refractivity contribution in [2.45, 2.75) is 39.2 Å². The molecule has 0 amide bonds. The minimum Gasteiger partial charge on any atom is -0.481 e. The van der Waals surface area contributed by atoms with E-state index in [1.807, 2.05) is 11.9 Å². The van der Waals surface area contributed by atoms with Crippen molar-refractivity contribution in [3.8, 4) is 0 Å². The van der Waals surface area contributed by atoms with Crippen LogP contribution in [-0.4, -0.2) is 34.6 Å². The van der Waals surface area contributed by atoms with Gasteiger partial charge in [-0.2, -0.15) is 0 Å². The van der Waals surface area contributed by atoms with Gasteiger partial charge in [0.1, 0.15) is 0 Å². The lowest BCUT2D eigenvalue weighted by Gasteiger charge is -2.13. The molecule has 17 heavy (non-hydrogen) atoms. The van der Waals surface area contributed by atoms with E-state index < -0.39 is 5.97 Å². The lowest BCUT2D eigenvalue weighted by atomic mass is 10.3. The first kappa shape index (κ1) is 14.1. The Kier molecular flexibility index (Phi) is 6.15. The van der Waals surface area contributed by atoms with Crippen molar-refractivity contribution >= 4 is 17.3 Å². The van der Waals surface area contributed by atoms with E-state index in [4.69, 9.17) is 5.11 Å². The number of carboxylic acids is 1. The summed E-state index contributed by atoms with van der Waals surface area (Å²) in [6, 6.07) is 0. The van der Waals surface area contributed by atoms with Crippen molar-refractivity contribution in [2.24, 2.45) is 0 Å². The van der Waals surface area contributed by atoms with Crippen molar-refractivity contribution in [3.63, 3.8) is 0 Å². The van der Waals surface area contributed by atoms with E-state index >= 15 is 0 Å². The first-order chi connectivity index (χ1) is 8.11. The van der Waals surface area contributed by atoms with Gasteiger partial charge in [-0.3, -0.25) is 9.69 Å². The van der Waals surface area contributed by atoms with Gasteiger partial charge in [0, 0.05) is 18.5 Å². The average molecular weight is 256 g/mol. The quantitative estimate of drug-likeness (QED) is 0.776. The molecule has 0 aliphatic rings. The highest BCUT2D eigenvalue weighted by molar-refractivity contribution is 7.09. The molecule has 0 spiro atoms. The number of carbonyl (C=O) groups is 1. The number of unbranched alkanes of at least 4 members (excludes halogenated alkanes) is 1. The molecular weight excluding hydrogens is 236 g/mol. The summed E-state index contributed by atoms with van der Waals surface area (Å²) in [5.41, 5.74) is 1.05. The van der Waals surface area contributed by atoms with E-state index in [2.05, 4.69) is 17.3 Å². The van der Waals surface area contributed by atoms with E-state index in [0.29, 0.717) is 6.54 Å². The van der Waals surface area contributed by atoms with Crippen molar-refractivity contribution in [2.75, 3.05) is 13.6 Å². The van der Waals surface area contributed by atoms with Gasteiger partial charge < -0.3 is 5.11 Å². The van der Waals surface area contributed by atoms with Gasteiger partial charge in [0.25, 0.3) is 0 Å². The average Bonchev–Trinajstić information content (AvgIpc) is 2.71. The number of hydrogen-bond donors (Lipinski definition) is 1. The molecule has 1 rings (SSSR count). The maximum Gasteiger partial charge on any atom is 0.304 e. The van der Waals surface area contributed by atoms with E-state index in [1.165, 1.54) is 17.8 Å². The number of thiazole rings is 1. The van der Waals surface area contributed by atoms with Crippen molar-refractivity contribution < 1.29 is 9.90 Å². The summed E-state index contributed by atoms with van der Waals surface area (Å²) in [5, 5.41) is 11.8. The number of carboxylic acid groups (broad SMARTS) is 1. The monoisotopic (exact) mass is 256 g/mol. The second kappa shape index (κ2) is 7.40. The largest absolute Gasteiger partial charge is 0.481 e. The van der Waals surface area contributed by atoms with Crippen LogP contribution in [-0.2, 0) is 17.8 Å². The van der Waals surface area contributed by atoms with E-state index in [1.54, 1.807) is 11.3 Å². The summed E-state index contributed by atoms with van der Waals surface area (Å²) in [5.74, 6) is -0.751. The fourth-order valence-corrected chi connectivity index (χ4v) is 2.34. The highest BCUT2D eigenvalue weighted by atomic mass is 32.1. The smallest absolute Gasteiger partial charge is 0.304 e. The van der Waals surface area contributed by atoms with Crippen LogP contribution in [0.15, 0.2) is 5.38 Å². The van der Waals surface area contributed by atoms with Gasteiger partial charge in [0.2, 0.25) is 0 Å². The Morgan fingerprint density at radius 3 is 3.00 bits per heavy atom. The molecule has 5 heteroatoms. The molecule has 0 aromatic carbocycles. The molecule has 1 aromatic heterocycles. The van der Waals surface area contributed by atoms with Crippen LogP contribution in [0.5, 0.6) is 0 Å². The van der Waals surface area contributed by atoms with Crippen molar-refractivity contribution in [1.82, 2.24) is 9.88 Å². The fraction of sp³-hybridized carbons (Fsp3) is 0.667. The number of hydrogen-bond acceptors (Lipinski definition) is 4. The second-order valence-corrected chi connectivity index (χ2v) is 5.16. The molecule has 0 radical (unpaired) electrons. The van der Waals surface area contributed by atoms with Crippen LogP contribution in [0.1, 0.15) is 36.9 Å². The Morgan fingerprint density at radius 2 is 2.35 bits per heavy atom. The lowest BCUT2D eigenvalue weighted by molar-refractivity contribution is -0.137. The van der Waals surface area contributed by atoms with Gasteiger partial charge >= 0.3 is 5.97 Å². The molecule has 0 aliphatic carbocycles. The summed E-state index contributed by atoms with van der Waals surface area (Å²) >= 11 is 1.70. The molecular formula is C12H20N2O2S. The Labute approximate surface area is 106 Å². The number of aliphatic carboxylic acids is 1. The predicted molar refractivity (Wildman–Crippen MR) is 69.3 cm³/mol. The minimum atomic E-state index is -0.751. The first-order valence-electron chi connectivity index (χ1n) is 5.95. The molecule has 1 aromatic rings. The molecule has 0 fully saturated rings. The number of rotatable bonds is 8. The third-order valence-electron chi connectivity index (χ3n) is 2.48. The molecule has 4 nitrogen and oxygen atoms in total. The van der Waals surface area contributed by atoms with Crippen molar-refractivity contribution in [1.29, 1.82) is 0 Å². The van der Waals surface area contributed by atoms with Gasteiger partial charge in [0.15, 0.2) is 0 Å². The Hall–Kier alpha value is -0.940. The van der Waals surface area contributed by atoms with E-state index in [0.717, 1.165) is 18.7 Å². The van der Waals surface area contributed by atoms with Crippen LogP contribution in [0.3, 0.4) is 0 Å². The zero-order valence-corrected chi connectivity index (χ0v) is 11.3. The van der Waals surface area contributed by atoms with Crippen LogP contribution < -0.4 is 0 Å². The number of aromatic nitrogens is 1. The predicted octanol–water partition coefficient (Wildman–Crippen LogP) is 2.39. The second-order valence-electron chi connectivity index (χ2n) is 4.22. The lowest BCUT2D eigenvalue weighted by Crippen LogP contribution is -2.21. The summed E-state index contributed by atoms with van der Waals surface area (Å²) in [6.07, 6.45) is 3.61. The van der Waals surface area contributed by atoms with Gasteiger partial charge in [-0.1, -0.05) is 13.3 Å². The van der Waals surface area contributed by atoms with Crippen molar-refractivity contribution in [3.05, 3.63) is 16.1 Å². The van der Waals surface area contributed by atoms with Crippen LogP contribution in [0.2, 0.25) is 0 Å². The molecule has 0 unspecified atom stereocenters. The SMILES string of the molecule is CCCCc1nc(CN(C)CCC(=O)O)cs1. The van der Waals surface area contributed by atoms with Gasteiger partial charge in [-0.05, 0) is 19.9 Å². The van der Waals surface area contributed by atoms with Gasteiger partial charge in [-0.25, -0.2) is 4.98 Å². The zero-order valence-electron chi connectivity index (χ0n) is 10.5. The molecule has 96 valence electrons. The summed E-state index contributed by atoms with van der Waals surface area (Å²) in [6.45, 7) is 3.47. The third-order valence-corrected chi connectivity index (χ3v) is 3.44. The van der Waals surface area contributed by atoms with Crippen LogP contribution in [0.25, 0.3) is 0 Å². The zero-order chi connectivity index (χ0) is 12.7. The Bertz CT molecular complexity index is 352. The highest BCUT2D eigenvalue weighted by Crippen LogP contribution is 2.13. The molecule has 0 saturated heterocycles. The standard InChI is InChI=1S/C12H20N2O2S/c1-3-4-5-11-13-10(9-17-11)8-14(2)7-6-12(15)16/h9H,3-8H2,1-2H3,(H,15,16). The van der Waals surface area contributed by atoms with Crippen LogP contribution in [0.4, 0.5) is 0 Å². The van der Waals surface area contributed by atoms with Gasteiger partial charge in [-0.15, -0.1) is 11.3 Å². The number of nitrogens with zero attached hydrogens (tertiary/aromatic N) is 2. The molecule has 1 N–H and O–H groups in total. The normalized spacial score (nSPS) is 11.0.